The number of benzene rings is 1. The number of rotatable bonds is 4. The molecule has 0 bridgehead atoms. The van der Waals surface area contributed by atoms with Crippen LogP contribution >= 0.6 is 0 Å². The number of aromatic nitrogens is 2. The van der Waals surface area contributed by atoms with Gasteiger partial charge in [0.05, 0.1) is 14.2 Å². The first-order valence-corrected chi connectivity index (χ1v) is 7.03. The Balaban J connectivity index is 1.86. The highest BCUT2D eigenvalue weighted by Crippen LogP contribution is 2.35. The zero-order valence-electron chi connectivity index (χ0n) is 12.2. The summed E-state index contributed by atoms with van der Waals surface area (Å²) in [5.41, 5.74) is 6.77. The lowest BCUT2D eigenvalue weighted by molar-refractivity contribution is 0.352. The molecule has 2 atom stereocenters. The van der Waals surface area contributed by atoms with Crippen molar-refractivity contribution in [1.82, 2.24) is 10.1 Å². The smallest absolute Gasteiger partial charge is 0.230 e. The largest absolute Gasteiger partial charge is 0.493 e. The summed E-state index contributed by atoms with van der Waals surface area (Å²) < 4.78 is 15.9. The topological polar surface area (TPSA) is 83.4 Å². The molecule has 21 heavy (non-hydrogen) atoms. The van der Waals surface area contributed by atoms with Gasteiger partial charge in [-0.1, -0.05) is 5.16 Å². The first kappa shape index (κ1) is 13.9. The van der Waals surface area contributed by atoms with E-state index in [-0.39, 0.29) is 12.0 Å². The van der Waals surface area contributed by atoms with E-state index in [0.717, 1.165) is 24.8 Å². The van der Waals surface area contributed by atoms with Gasteiger partial charge in [0.25, 0.3) is 0 Å². The quantitative estimate of drug-likeness (QED) is 0.930. The molecule has 2 aromatic rings. The molecule has 0 saturated heterocycles. The van der Waals surface area contributed by atoms with Gasteiger partial charge < -0.3 is 19.7 Å². The summed E-state index contributed by atoms with van der Waals surface area (Å²) >= 11 is 0. The Morgan fingerprint density at radius 3 is 2.67 bits per heavy atom. The van der Waals surface area contributed by atoms with Crippen LogP contribution in [0.2, 0.25) is 0 Å². The summed E-state index contributed by atoms with van der Waals surface area (Å²) in [6.45, 7) is 0. The second-order valence-electron chi connectivity index (χ2n) is 5.30. The van der Waals surface area contributed by atoms with E-state index in [4.69, 9.17) is 19.7 Å². The van der Waals surface area contributed by atoms with Crippen LogP contribution in [0, 0.1) is 0 Å². The van der Waals surface area contributed by atoms with Crippen LogP contribution in [0.5, 0.6) is 11.5 Å². The Hall–Kier alpha value is -2.08. The molecular weight excluding hydrogens is 270 g/mol. The lowest BCUT2D eigenvalue weighted by Crippen LogP contribution is -2.14. The van der Waals surface area contributed by atoms with Crippen LogP contribution in [-0.4, -0.2) is 30.4 Å². The predicted octanol–water partition coefficient (Wildman–Crippen LogP) is 2.35. The van der Waals surface area contributed by atoms with Crippen molar-refractivity contribution in [1.29, 1.82) is 0 Å². The summed E-state index contributed by atoms with van der Waals surface area (Å²) in [5.74, 6) is 2.83. The molecular formula is C15H19N3O3. The third-order valence-corrected chi connectivity index (χ3v) is 3.91. The van der Waals surface area contributed by atoms with Crippen molar-refractivity contribution < 1.29 is 14.0 Å². The summed E-state index contributed by atoms with van der Waals surface area (Å²) in [4.78, 5) is 4.50. The molecule has 6 nitrogen and oxygen atoms in total. The van der Waals surface area contributed by atoms with Crippen molar-refractivity contribution in [3.8, 4) is 22.9 Å². The van der Waals surface area contributed by atoms with Crippen molar-refractivity contribution in [3.05, 3.63) is 24.1 Å². The molecule has 1 aromatic carbocycles. The maximum atomic E-state index is 5.93. The molecule has 0 spiro atoms. The Kier molecular flexibility index (Phi) is 3.79. The van der Waals surface area contributed by atoms with Gasteiger partial charge >= 0.3 is 0 Å². The summed E-state index contributed by atoms with van der Waals surface area (Å²) in [6.07, 6.45) is 2.93. The van der Waals surface area contributed by atoms with Crippen molar-refractivity contribution in [2.75, 3.05) is 14.2 Å². The molecule has 2 N–H and O–H groups in total. The fourth-order valence-corrected chi connectivity index (χ4v) is 2.73. The zero-order chi connectivity index (χ0) is 14.8. The highest BCUT2D eigenvalue weighted by molar-refractivity contribution is 5.60. The monoisotopic (exact) mass is 289 g/mol. The Labute approximate surface area is 123 Å². The van der Waals surface area contributed by atoms with Gasteiger partial charge in [0.1, 0.15) is 0 Å². The highest BCUT2D eigenvalue weighted by Gasteiger charge is 2.28. The van der Waals surface area contributed by atoms with Gasteiger partial charge in [-0.05, 0) is 37.5 Å². The Bertz CT molecular complexity index is 626. The third kappa shape index (κ3) is 2.71. The normalized spacial score (nSPS) is 21.5. The summed E-state index contributed by atoms with van der Waals surface area (Å²) in [7, 11) is 3.20. The van der Waals surface area contributed by atoms with Gasteiger partial charge in [0, 0.05) is 17.5 Å². The van der Waals surface area contributed by atoms with E-state index in [9.17, 15) is 0 Å². The van der Waals surface area contributed by atoms with Crippen LogP contribution in [-0.2, 0) is 0 Å². The highest BCUT2D eigenvalue weighted by atomic mass is 16.5. The second kappa shape index (κ2) is 5.73. The molecule has 1 saturated carbocycles. The van der Waals surface area contributed by atoms with Crippen LogP contribution in [0.3, 0.4) is 0 Å². The van der Waals surface area contributed by atoms with Crippen LogP contribution in [0.15, 0.2) is 22.7 Å². The van der Waals surface area contributed by atoms with E-state index in [2.05, 4.69) is 10.1 Å². The lowest BCUT2D eigenvalue weighted by Gasteiger charge is -2.07. The van der Waals surface area contributed by atoms with Gasteiger partial charge in [0.2, 0.25) is 11.7 Å². The fraction of sp³-hybridized carbons (Fsp3) is 0.467. The first-order valence-electron chi connectivity index (χ1n) is 7.03. The fourth-order valence-electron chi connectivity index (χ4n) is 2.73. The van der Waals surface area contributed by atoms with Crippen molar-refractivity contribution in [2.24, 2.45) is 5.73 Å². The second-order valence-corrected chi connectivity index (χ2v) is 5.30. The van der Waals surface area contributed by atoms with Gasteiger partial charge in [0.15, 0.2) is 11.5 Å². The minimum atomic E-state index is 0.242. The average Bonchev–Trinajstić information content (AvgIpc) is 3.15. The standard InChI is InChI=1S/C15H19N3O3/c1-19-12-6-4-9(8-13(12)20-2)14-17-15(21-18-14)10-3-5-11(16)7-10/h4,6,8,10-11H,3,5,7,16H2,1-2H3. The maximum absolute atomic E-state index is 5.93. The average molecular weight is 289 g/mol. The minimum Gasteiger partial charge on any atom is -0.493 e. The third-order valence-electron chi connectivity index (χ3n) is 3.91. The van der Waals surface area contributed by atoms with Gasteiger partial charge in [-0.2, -0.15) is 4.98 Å². The molecule has 3 rings (SSSR count). The lowest BCUT2D eigenvalue weighted by atomic mass is 10.1. The van der Waals surface area contributed by atoms with Gasteiger partial charge in [-0.25, -0.2) is 0 Å². The van der Waals surface area contributed by atoms with E-state index in [0.29, 0.717) is 23.2 Å². The summed E-state index contributed by atoms with van der Waals surface area (Å²) in [5, 5.41) is 4.06. The number of hydrogen-bond acceptors (Lipinski definition) is 6. The maximum Gasteiger partial charge on any atom is 0.230 e. The number of nitrogens with zero attached hydrogens (tertiary/aromatic N) is 2. The van der Waals surface area contributed by atoms with Gasteiger partial charge in [-0.15, -0.1) is 0 Å². The number of nitrogens with two attached hydrogens (primary N) is 1. The van der Waals surface area contributed by atoms with Crippen LogP contribution < -0.4 is 15.2 Å². The molecule has 1 aliphatic rings. The SMILES string of the molecule is COc1ccc(-c2noc(C3CCC(N)C3)n2)cc1OC. The molecule has 1 fully saturated rings. The Morgan fingerprint density at radius 2 is 2.00 bits per heavy atom. The minimum absolute atomic E-state index is 0.242. The molecule has 112 valence electrons. The van der Waals surface area contributed by atoms with Crippen molar-refractivity contribution in [2.45, 2.75) is 31.2 Å². The van der Waals surface area contributed by atoms with E-state index in [1.54, 1.807) is 14.2 Å². The number of ether oxygens (including phenoxy) is 2. The van der Waals surface area contributed by atoms with Crippen LogP contribution in [0.4, 0.5) is 0 Å². The first-order chi connectivity index (χ1) is 10.2. The van der Waals surface area contributed by atoms with Crippen LogP contribution in [0.25, 0.3) is 11.4 Å². The molecule has 0 radical (unpaired) electrons. The molecule has 0 aliphatic heterocycles. The van der Waals surface area contributed by atoms with E-state index >= 15 is 0 Å². The van der Waals surface area contributed by atoms with E-state index < -0.39 is 0 Å². The Morgan fingerprint density at radius 1 is 1.19 bits per heavy atom. The molecule has 1 aromatic heterocycles. The molecule has 1 heterocycles. The number of hydrogen-bond donors (Lipinski definition) is 1. The molecule has 0 amide bonds. The van der Waals surface area contributed by atoms with E-state index in [1.165, 1.54) is 0 Å². The van der Waals surface area contributed by atoms with Gasteiger partial charge in [-0.3, -0.25) is 0 Å². The van der Waals surface area contributed by atoms with E-state index in [1.807, 2.05) is 18.2 Å². The number of methoxy groups -OCH3 is 2. The molecule has 2 unspecified atom stereocenters. The predicted molar refractivity (Wildman–Crippen MR) is 77.4 cm³/mol. The van der Waals surface area contributed by atoms with Crippen molar-refractivity contribution in [3.63, 3.8) is 0 Å². The van der Waals surface area contributed by atoms with Crippen molar-refractivity contribution >= 4 is 0 Å². The molecule has 6 heteroatoms. The summed E-state index contributed by atoms with van der Waals surface area (Å²) in [6, 6.07) is 5.80. The zero-order valence-corrected chi connectivity index (χ0v) is 12.2. The van der Waals surface area contributed by atoms with Crippen LogP contribution in [0.1, 0.15) is 31.1 Å². The molecule has 1 aliphatic carbocycles.